The van der Waals surface area contributed by atoms with Crippen LogP contribution in [0.1, 0.15) is 18.4 Å². The monoisotopic (exact) mass is 513 g/mol. The third kappa shape index (κ3) is 5.14. The summed E-state index contributed by atoms with van der Waals surface area (Å²) < 4.78 is 35.9. The number of hydrogen-bond acceptors (Lipinski definition) is 5. The predicted octanol–water partition coefficient (Wildman–Crippen LogP) is 5.61. The lowest BCUT2D eigenvalue weighted by molar-refractivity contribution is 0.417. The third-order valence-corrected chi connectivity index (χ3v) is 7.13. The number of rotatable bonds is 7. The number of nitrogens with zero attached hydrogens (tertiary/aromatic N) is 2. The van der Waals surface area contributed by atoms with Crippen molar-refractivity contribution in [3.63, 3.8) is 0 Å². The normalized spacial score (nSPS) is 14.1. The molecule has 0 radical (unpaired) electrons. The number of methoxy groups -OCH3 is 1. The van der Waals surface area contributed by atoms with Crippen LogP contribution in [-0.4, -0.2) is 34.8 Å². The second-order valence-corrected chi connectivity index (χ2v) is 10.0. The summed E-state index contributed by atoms with van der Waals surface area (Å²) in [5.41, 5.74) is 2.56. The largest absolute Gasteiger partial charge is 0.495 e. The first-order valence-corrected chi connectivity index (χ1v) is 12.6. The van der Waals surface area contributed by atoms with E-state index in [0.29, 0.717) is 22.8 Å². The Labute approximate surface area is 197 Å². The van der Waals surface area contributed by atoms with Gasteiger partial charge in [-0.1, -0.05) is 40.2 Å². The average molecular weight is 514 g/mol. The van der Waals surface area contributed by atoms with Gasteiger partial charge < -0.3 is 9.64 Å². The Kier molecular flexibility index (Phi) is 6.81. The molecule has 1 aliphatic heterocycles. The standard InChI is InChI=1S/C24H24BrN3O3S/c1-31-23-10-3-2-9-21(23)27-32(29,30)24-16-20(11-12-22(24)28-13-4-5-14-28)26-17-18-7-6-8-19(25)15-18/h2-3,6-12,15-17,27H,4-5,13-14H2,1H3. The summed E-state index contributed by atoms with van der Waals surface area (Å²) in [5.74, 6) is 0.461. The van der Waals surface area contributed by atoms with Gasteiger partial charge in [0.15, 0.2) is 0 Å². The quantitative estimate of drug-likeness (QED) is 0.416. The van der Waals surface area contributed by atoms with E-state index in [0.717, 1.165) is 36.0 Å². The summed E-state index contributed by atoms with van der Waals surface area (Å²) in [6.45, 7) is 1.66. The van der Waals surface area contributed by atoms with Gasteiger partial charge in [-0.2, -0.15) is 0 Å². The molecule has 3 aromatic carbocycles. The van der Waals surface area contributed by atoms with Crippen LogP contribution in [0.15, 0.2) is 81.1 Å². The van der Waals surface area contributed by atoms with E-state index in [-0.39, 0.29) is 4.90 Å². The maximum absolute atomic E-state index is 13.5. The Morgan fingerprint density at radius 2 is 1.81 bits per heavy atom. The Balaban J connectivity index is 1.72. The molecule has 8 heteroatoms. The molecule has 3 aromatic rings. The van der Waals surface area contributed by atoms with Gasteiger partial charge in [-0.15, -0.1) is 0 Å². The van der Waals surface area contributed by atoms with Crippen molar-refractivity contribution >= 4 is 49.2 Å². The summed E-state index contributed by atoms with van der Waals surface area (Å²) in [5, 5.41) is 0. The highest BCUT2D eigenvalue weighted by Gasteiger charge is 2.25. The number of benzene rings is 3. The van der Waals surface area contributed by atoms with Crippen molar-refractivity contribution in [2.24, 2.45) is 4.99 Å². The molecule has 0 bridgehead atoms. The molecule has 4 rings (SSSR count). The molecular weight excluding hydrogens is 490 g/mol. The van der Waals surface area contributed by atoms with E-state index >= 15 is 0 Å². The van der Waals surface area contributed by atoms with E-state index in [1.165, 1.54) is 7.11 Å². The minimum atomic E-state index is -3.88. The predicted molar refractivity (Wildman–Crippen MR) is 133 cm³/mol. The van der Waals surface area contributed by atoms with Crippen LogP contribution >= 0.6 is 15.9 Å². The molecule has 32 heavy (non-hydrogen) atoms. The number of sulfonamides is 1. The minimum Gasteiger partial charge on any atom is -0.495 e. The summed E-state index contributed by atoms with van der Waals surface area (Å²) in [7, 11) is -2.37. The highest BCUT2D eigenvalue weighted by atomic mass is 79.9. The minimum absolute atomic E-state index is 0.203. The summed E-state index contributed by atoms with van der Waals surface area (Å²) >= 11 is 3.45. The van der Waals surface area contributed by atoms with Crippen LogP contribution in [0.25, 0.3) is 0 Å². The van der Waals surface area contributed by atoms with Gasteiger partial charge in [0.05, 0.1) is 24.2 Å². The number of ether oxygens (including phenoxy) is 1. The smallest absolute Gasteiger partial charge is 0.264 e. The molecule has 1 N–H and O–H groups in total. The highest BCUT2D eigenvalue weighted by Crippen LogP contribution is 2.34. The van der Waals surface area contributed by atoms with Crippen molar-refractivity contribution in [1.29, 1.82) is 0 Å². The van der Waals surface area contributed by atoms with Crippen LogP contribution in [0.2, 0.25) is 0 Å². The van der Waals surface area contributed by atoms with Gasteiger partial charge in [0.1, 0.15) is 10.6 Å². The molecule has 1 heterocycles. The van der Waals surface area contributed by atoms with Crippen molar-refractivity contribution in [3.8, 4) is 5.75 Å². The van der Waals surface area contributed by atoms with Crippen molar-refractivity contribution in [2.45, 2.75) is 17.7 Å². The zero-order valence-corrected chi connectivity index (χ0v) is 20.1. The fourth-order valence-electron chi connectivity index (χ4n) is 3.68. The van der Waals surface area contributed by atoms with Gasteiger partial charge in [-0.25, -0.2) is 8.42 Å². The first-order valence-electron chi connectivity index (χ1n) is 10.3. The zero-order valence-electron chi connectivity index (χ0n) is 17.7. The molecule has 0 atom stereocenters. The van der Waals surface area contributed by atoms with Crippen LogP contribution in [0.4, 0.5) is 17.1 Å². The number of hydrogen-bond donors (Lipinski definition) is 1. The van der Waals surface area contributed by atoms with E-state index in [9.17, 15) is 8.42 Å². The molecule has 6 nitrogen and oxygen atoms in total. The molecule has 166 valence electrons. The SMILES string of the molecule is COc1ccccc1NS(=O)(=O)c1cc(N=Cc2cccc(Br)c2)ccc1N1CCCC1. The lowest BCUT2D eigenvalue weighted by atomic mass is 10.2. The van der Waals surface area contributed by atoms with Crippen molar-refractivity contribution in [2.75, 3.05) is 29.8 Å². The lowest BCUT2D eigenvalue weighted by Crippen LogP contribution is -2.23. The lowest BCUT2D eigenvalue weighted by Gasteiger charge is -2.22. The Morgan fingerprint density at radius 3 is 2.56 bits per heavy atom. The van der Waals surface area contributed by atoms with Crippen LogP contribution in [0.3, 0.4) is 0 Å². The van der Waals surface area contributed by atoms with E-state index in [1.807, 2.05) is 36.4 Å². The fraction of sp³-hybridized carbons (Fsp3) is 0.208. The molecule has 1 fully saturated rings. The highest BCUT2D eigenvalue weighted by molar-refractivity contribution is 9.10. The average Bonchev–Trinajstić information content (AvgIpc) is 3.32. The van der Waals surface area contributed by atoms with E-state index < -0.39 is 10.0 Å². The van der Waals surface area contributed by atoms with E-state index in [1.54, 1.807) is 36.5 Å². The number of para-hydroxylation sites is 2. The van der Waals surface area contributed by atoms with Crippen molar-refractivity contribution in [3.05, 3.63) is 76.8 Å². The number of aliphatic imine (C=N–C) groups is 1. The van der Waals surface area contributed by atoms with E-state index in [2.05, 4.69) is 30.5 Å². The maximum Gasteiger partial charge on any atom is 0.264 e. The third-order valence-electron chi connectivity index (χ3n) is 5.24. The topological polar surface area (TPSA) is 71.0 Å². The molecule has 0 unspecified atom stereocenters. The Bertz CT molecular complexity index is 1240. The molecule has 0 aromatic heterocycles. The van der Waals surface area contributed by atoms with Gasteiger partial charge in [0, 0.05) is 23.8 Å². The maximum atomic E-state index is 13.5. The molecule has 0 amide bonds. The van der Waals surface area contributed by atoms with E-state index in [4.69, 9.17) is 4.74 Å². The van der Waals surface area contributed by atoms with Crippen LogP contribution in [0.5, 0.6) is 5.75 Å². The Morgan fingerprint density at radius 1 is 1.03 bits per heavy atom. The number of halogens is 1. The van der Waals surface area contributed by atoms with Gasteiger partial charge in [-0.05, 0) is 60.9 Å². The van der Waals surface area contributed by atoms with Gasteiger partial charge in [0.25, 0.3) is 10.0 Å². The van der Waals surface area contributed by atoms with Crippen LogP contribution < -0.4 is 14.4 Å². The molecule has 1 saturated heterocycles. The number of nitrogens with one attached hydrogen (secondary N) is 1. The van der Waals surface area contributed by atoms with Gasteiger partial charge in [0.2, 0.25) is 0 Å². The van der Waals surface area contributed by atoms with Crippen molar-refractivity contribution in [1.82, 2.24) is 0 Å². The van der Waals surface area contributed by atoms with Crippen LogP contribution in [0, 0.1) is 0 Å². The second kappa shape index (κ2) is 9.75. The van der Waals surface area contributed by atoms with Crippen molar-refractivity contribution < 1.29 is 13.2 Å². The summed E-state index contributed by atoms with van der Waals surface area (Å²) in [6.07, 6.45) is 3.81. The summed E-state index contributed by atoms with van der Waals surface area (Å²) in [6, 6.07) is 20.0. The molecular formula is C24H24BrN3O3S. The number of anilines is 2. The first-order chi connectivity index (χ1) is 15.5. The molecule has 0 saturated carbocycles. The molecule has 1 aliphatic rings. The van der Waals surface area contributed by atoms with Crippen LogP contribution in [-0.2, 0) is 10.0 Å². The fourth-order valence-corrected chi connectivity index (χ4v) is 5.42. The first kappa shape index (κ1) is 22.4. The van der Waals surface area contributed by atoms with Gasteiger partial charge in [-0.3, -0.25) is 9.71 Å². The Hall–Kier alpha value is -2.84. The molecule has 0 spiro atoms. The second-order valence-electron chi connectivity index (χ2n) is 7.47. The summed E-state index contributed by atoms with van der Waals surface area (Å²) in [4.78, 5) is 6.83. The molecule has 0 aliphatic carbocycles. The van der Waals surface area contributed by atoms with Gasteiger partial charge >= 0.3 is 0 Å². The zero-order chi connectivity index (χ0) is 22.6.